The van der Waals surface area contributed by atoms with Crippen molar-refractivity contribution in [3.8, 4) is 0 Å². The van der Waals surface area contributed by atoms with Crippen LogP contribution in [0.15, 0.2) is 5.38 Å². The predicted octanol–water partition coefficient (Wildman–Crippen LogP) is 1.41. The molecule has 0 aliphatic carbocycles. The molecule has 1 saturated heterocycles. The maximum Gasteiger partial charge on any atom is 0.185 e. The molecule has 1 aliphatic rings. The first kappa shape index (κ1) is 15.7. The van der Waals surface area contributed by atoms with E-state index in [0.717, 1.165) is 56.7 Å². The monoisotopic (exact) mass is 298 g/mol. The van der Waals surface area contributed by atoms with E-state index < -0.39 is 0 Å². The second-order valence-electron chi connectivity index (χ2n) is 5.41. The highest BCUT2D eigenvalue weighted by atomic mass is 32.1. The molecule has 1 aliphatic heterocycles. The summed E-state index contributed by atoms with van der Waals surface area (Å²) in [6.07, 6.45) is 0. The number of aromatic nitrogens is 1. The summed E-state index contributed by atoms with van der Waals surface area (Å²) in [6, 6.07) is 0.647. The van der Waals surface area contributed by atoms with Gasteiger partial charge in [0, 0.05) is 57.8 Å². The minimum Gasteiger partial charge on any atom is -0.383 e. The molecule has 0 atom stereocenters. The Kier molecular flexibility index (Phi) is 6.22. The first-order valence-electron chi connectivity index (χ1n) is 7.33. The third-order valence-electron chi connectivity index (χ3n) is 3.64. The Labute approximate surface area is 125 Å². The number of anilines is 1. The van der Waals surface area contributed by atoms with Crippen molar-refractivity contribution in [1.29, 1.82) is 0 Å². The molecule has 20 heavy (non-hydrogen) atoms. The van der Waals surface area contributed by atoms with E-state index in [0.29, 0.717) is 6.04 Å². The van der Waals surface area contributed by atoms with E-state index in [1.54, 1.807) is 18.4 Å². The molecule has 6 heteroatoms. The molecule has 114 valence electrons. The normalized spacial score (nSPS) is 17.1. The second kappa shape index (κ2) is 7.93. The molecule has 2 rings (SSSR count). The number of ether oxygens (including phenoxy) is 1. The molecule has 0 saturated carbocycles. The fraction of sp³-hybridized carbons (Fsp3) is 0.786. The van der Waals surface area contributed by atoms with Crippen molar-refractivity contribution >= 4 is 16.5 Å². The summed E-state index contributed by atoms with van der Waals surface area (Å²) in [5.74, 6) is 0. The van der Waals surface area contributed by atoms with Gasteiger partial charge in [-0.1, -0.05) is 0 Å². The zero-order chi connectivity index (χ0) is 14.4. The summed E-state index contributed by atoms with van der Waals surface area (Å²) in [6.45, 7) is 11.4. The summed E-state index contributed by atoms with van der Waals surface area (Å²) in [4.78, 5) is 9.65. The molecule has 0 spiro atoms. The predicted molar refractivity (Wildman–Crippen MR) is 84.6 cm³/mol. The van der Waals surface area contributed by atoms with E-state index in [1.165, 1.54) is 0 Å². The van der Waals surface area contributed by atoms with Gasteiger partial charge in [0.25, 0.3) is 0 Å². The average Bonchev–Trinajstić information content (AvgIpc) is 2.92. The molecular weight excluding hydrogens is 272 g/mol. The van der Waals surface area contributed by atoms with Gasteiger partial charge in [-0.25, -0.2) is 4.98 Å². The van der Waals surface area contributed by atoms with Crippen molar-refractivity contribution in [2.45, 2.75) is 26.4 Å². The van der Waals surface area contributed by atoms with E-state index in [1.807, 2.05) is 0 Å². The standard InChI is InChI=1S/C14H26N4OS/c1-12(2)17-5-7-18(8-6-17)14-16-13(11-20-14)10-15-4-9-19-3/h11-12,15H,4-10H2,1-3H3. The quantitative estimate of drug-likeness (QED) is 0.771. The van der Waals surface area contributed by atoms with Gasteiger partial charge >= 0.3 is 0 Å². The molecule has 2 heterocycles. The fourth-order valence-corrected chi connectivity index (χ4v) is 3.22. The minimum absolute atomic E-state index is 0.647. The molecule has 0 bridgehead atoms. The summed E-state index contributed by atoms with van der Waals surface area (Å²) < 4.78 is 5.02. The second-order valence-corrected chi connectivity index (χ2v) is 6.24. The molecule has 0 aromatic carbocycles. The number of methoxy groups -OCH3 is 1. The fourth-order valence-electron chi connectivity index (χ4n) is 2.34. The molecule has 0 amide bonds. The van der Waals surface area contributed by atoms with Crippen LogP contribution in [0.25, 0.3) is 0 Å². The van der Waals surface area contributed by atoms with Gasteiger partial charge in [0.1, 0.15) is 0 Å². The van der Waals surface area contributed by atoms with Crippen LogP contribution in [-0.4, -0.2) is 62.4 Å². The highest BCUT2D eigenvalue weighted by Gasteiger charge is 2.20. The van der Waals surface area contributed by atoms with E-state index in [-0.39, 0.29) is 0 Å². The molecule has 5 nitrogen and oxygen atoms in total. The third kappa shape index (κ3) is 4.41. The van der Waals surface area contributed by atoms with Crippen LogP contribution in [0, 0.1) is 0 Å². The summed E-state index contributed by atoms with van der Waals surface area (Å²) >= 11 is 1.75. The van der Waals surface area contributed by atoms with Crippen LogP contribution in [0.3, 0.4) is 0 Å². The summed E-state index contributed by atoms with van der Waals surface area (Å²) in [7, 11) is 1.72. The summed E-state index contributed by atoms with van der Waals surface area (Å²) in [5.41, 5.74) is 1.13. The van der Waals surface area contributed by atoms with Crippen molar-refractivity contribution in [3.05, 3.63) is 11.1 Å². The van der Waals surface area contributed by atoms with Gasteiger partial charge in [0.15, 0.2) is 5.13 Å². The average molecular weight is 298 g/mol. The maximum atomic E-state index is 5.02. The number of hydrogen-bond donors (Lipinski definition) is 1. The van der Waals surface area contributed by atoms with Crippen molar-refractivity contribution in [1.82, 2.24) is 15.2 Å². The maximum absolute atomic E-state index is 5.02. The van der Waals surface area contributed by atoms with E-state index in [2.05, 4.69) is 34.3 Å². The lowest BCUT2D eigenvalue weighted by molar-refractivity contribution is 0.199. The van der Waals surface area contributed by atoms with Crippen molar-refractivity contribution < 1.29 is 4.74 Å². The molecular formula is C14H26N4OS. The van der Waals surface area contributed by atoms with Gasteiger partial charge in [-0.2, -0.15) is 0 Å². The number of thiazole rings is 1. The van der Waals surface area contributed by atoms with Crippen LogP contribution in [0.4, 0.5) is 5.13 Å². The zero-order valence-corrected chi connectivity index (χ0v) is 13.6. The Morgan fingerprint density at radius 3 is 2.75 bits per heavy atom. The Morgan fingerprint density at radius 2 is 2.10 bits per heavy atom. The number of rotatable bonds is 7. The number of hydrogen-bond acceptors (Lipinski definition) is 6. The van der Waals surface area contributed by atoms with Crippen LogP contribution in [0.2, 0.25) is 0 Å². The van der Waals surface area contributed by atoms with E-state index >= 15 is 0 Å². The van der Waals surface area contributed by atoms with Gasteiger partial charge in [-0.15, -0.1) is 11.3 Å². The Balaban J connectivity index is 1.78. The lowest BCUT2D eigenvalue weighted by Gasteiger charge is -2.36. The first-order valence-corrected chi connectivity index (χ1v) is 8.21. The largest absolute Gasteiger partial charge is 0.383 e. The van der Waals surface area contributed by atoms with Crippen LogP contribution >= 0.6 is 11.3 Å². The van der Waals surface area contributed by atoms with Gasteiger partial charge in [0.05, 0.1) is 12.3 Å². The van der Waals surface area contributed by atoms with Crippen LogP contribution < -0.4 is 10.2 Å². The molecule has 1 N–H and O–H groups in total. The lowest BCUT2D eigenvalue weighted by Crippen LogP contribution is -2.48. The van der Waals surface area contributed by atoms with Crippen molar-refractivity contribution in [3.63, 3.8) is 0 Å². The molecule has 0 unspecified atom stereocenters. The van der Waals surface area contributed by atoms with Gasteiger partial charge in [-0.05, 0) is 13.8 Å². The Bertz CT molecular complexity index is 388. The van der Waals surface area contributed by atoms with Crippen LogP contribution in [-0.2, 0) is 11.3 Å². The zero-order valence-electron chi connectivity index (χ0n) is 12.8. The number of nitrogens with zero attached hydrogens (tertiary/aromatic N) is 3. The smallest absolute Gasteiger partial charge is 0.185 e. The highest BCUT2D eigenvalue weighted by Crippen LogP contribution is 2.22. The molecule has 1 aromatic rings. The summed E-state index contributed by atoms with van der Waals surface area (Å²) in [5, 5.41) is 6.65. The first-order chi connectivity index (χ1) is 9.70. The molecule has 0 radical (unpaired) electrons. The topological polar surface area (TPSA) is 40.6 Å². The van der Waals surface area contributed by atoms with Crippen molar-refractivity contribution in [2.75, 3.05) is 51.3 Å². The van der Waals surface area contributed by atoms with E-state index in [9.17, 15) is 0 Å². The van der Waals surface area contributed by atoms with Gasteiger partial charge in [0.2, 0.25) is 0 Å². The van der Waals surface area contributed by atoms with Crippen LogP contribution in [0.5, 0.6) is 0 Å². The highest BCUT2D eigenvalue weighted by molar-refractivity contribution is 7.13. The Hall–Kier alpha value is -0.690. The van der Waals surface area contributed by atoms with Crippen LogP contribution in [0.1, 0.15) is 19.5 Å². The number of piperazine rings is 1. The Morgan fingerprint density at radius 1 is 1.35 bits per heavy atom. The van der Waals surface area contributed by atoms with Crippen molar-refractivity contribution in [2.24, 2.45) is 0 Å². The number of nitrogens with one attached hydrogen (secondary N) is 1. The van der Waals surface area contributed by atoms with E-state index in [4.69, 9.17) is 9.72 Å². The minimum atomic E-state index is 0.647. The molecule has 1 fully saturated rings. The SMILES string of the molecule is COCCNCc1csc(N2CCN(C(C)C)CC2)n1. The molecule has 1 aromatic heterocycles. The van der Waals surface area contributed by atoms with Gasteiger partial charge in [-0.3, -0.25) is 4.90 Å². The van der Waals surface area contributed by atoms with Gasteiger partial charge < -0.3 is 15.0 Å². The third-order valence-corrected chi connectivity index (χ3v) is 4.59. The lowest BCUT2D eigenvalue weighted by atomic mass is 10.2.